The van der Waals surface area contributed by atoms with Crippen molar-refractivity contribution in [3.8, 4) is 17.0 Å². The molecule has 156 valence electrons. The summed E-state index contributed by atoms with van der Waals surface area (Å²) in [6.45, 7) is 7.40. The number of nitrogens with zero attached hydrogens (tertiary/aromatic N) is 1. The quantitative estimate of drug-likeness (QED) is 0.580. The number of carbonyl (C=O) groups excluding carboxylic acids is 2. The number of benzene rings is 2. The first-order valence-corrected chi connectivity index (χ1v) is 10.5. The lowest BCUT2D eigenvalue weighted by atomic mass is 10.1. The van der Waals surface area contributed by atoms with Gasteiger partial charge in [0, 0.05) is 17.9 Å². The fourth-order valence-electron chi connectivity index (χ4n) is 2.90. The van der Waals surface area contributed by atoms with Crippen LogP contribution in [-0.2, 0) is 9.59 Å². The van der Waals surface area contributed by atoms with Crippen LogP contribution >= 0.6 is 11.3 Å². The van der Waals surface area contributed by atoms with Crippen molar-refractivity contribution in [1.82, 2.24) is 10.3 Å². The van der Waals surface area contributed by atoms with E-state index in [2.05, 4.69) is 15.6 Å². The molecule has 0 saturated heterocycles. The predicted molar refractivity (Wildman–Crippen MR) is 120 cm³/mol. The van der Waals surface area contributed by atoms with Gasteiger partial charge in [0.1, 0.15) is 5.75 Å². The zero-order chi connectivity index (χ0) is 21.7. The van der Waals surface area contributed by atoms with Gasteiger partial charge in [-0.05, 0) is 49.6 Å². The highest BCUT2D eigenvalue weighted by Gasteiger charge is 2.11. The lowest BCUT2D eigenvalue weighted by molar-refractivity contribution is -0.119. The summed E-state index contributed by atoms with van der Waals surface area (Å²) in [5, 5.41) is 8.05. The summed E-state index contributed by atoms with van der Waals surface area (Å²) in [6, 6.07) is 13.5. The molecule has 2 amide bonds. The zero-order valence-corrected chi connectivity index (χ0v) is 18.3. The van der Waals surface area contributed by atoms with Gasteiger partial charge in [-0.2, -0.15) is 0 Å². The van der Waals surface area contributed by atoms with Crippen LogP contribution in [0.2, 0.25) is 0 Å². The molecule has 3 aromatic rings. The van der Waals surface area contributed by atoms with E-state index in [0.29, 0.717) is 10.9 Å². The molecule has 0 spiro atoms. The second-order valence-electron chi connectivity index (χ2n) is 7.17. The molecule has 1 heterocycles. The lowest BCUT2D eigenvalue weighted by Gasteiger charge is -2.13. The molecule has 1 aromatic heterocycles. The van der Waals surface area contributed by atoms with E-state index in [0.717, 1.165) is 22.4 Å². The van der Waals surface area contributed by atoms with E-state index in [1.165, 1.54) is 23.8 Å². The van der Waals surface area contributed by atoms with Crippen LogP contribution in [0.3, 0.4) is 0 Å². The summed E-state index contributed by atoms with van der Waals surface area (Å²) in [4.78, 5) is 27.9. The van der Waals surface area contributed by atoms with Gasteiger partial charge in [-0.25, -0.2) is 4.98 Å². The van der Waals surface area contributed by atoms with Gasteiger partial charge in [0.25, 0.3) is 5.91 Å². The number of hydrogen-bond acceptors (Lipinski definition) is 5. The molecule has 0 aliphatic rings. The van der Waals surface area contributed by atoms with Crippen LogP contribution in [0.4, 0.5) is 5.13 Å². The average molecular weight is 424 g/mol. The summed E-state index contributed by atoms with van der Waals surface area (Å²) < 4.78 is 5.57. The van der Waals surface area contributed by atoms with E-state index in [1.807, 2.05) is 68.6 Å². The van der Waals surface area contributed by atoms with Crippen molar-refractivity contribution in [3.63, 3.8) is 0 Å². The first-order valence-electron chi connectivity index (χ1n) is 9.64. The molecule has 3 rings (SSSR count). The Balaban J connectivity index is 1.57. The molecule has 0 fully saturated rings. The number of aromatic nitrogens is 1. The fraction of sp³-hybridized carbons (Fsp3) is 0.261. The van der Waals surface area contributed by atoms with E-state index in [1.54, 1.807) is 0 Å². The third-order valence-corrected chi connectivity index (χ3v) is 5.48. The SMILES string of the molecule is CC(=O)NC(C)c1ccc(-c2csc(NC(=O)COc3ccc(C)c(C)c3)n2)cc1. The van der Waals surface area contributed by atoms with E-state index in [-0.39, 0.29) is 24.5 Å². The maximum absolute atomic E-state index is 12.2. The Morgan fingerprint density at radius 3 is 2.50 bits per heavy atom. The number of rotatable bonds is 7. The molecule has 30 heavy (non-hydrogen) atoms. The largest absolute Gasteiger partial charge is 0.484 e. The number of aryl methyl sites for hydroxylation is 2. The minimum absolute atomic E-state index is 0.0563. The molecule has 7 heteroatoms. The first-order chi connectivity index (χ1) is 14.3. The van der Waals surface area contributed by atoms with Crippen LogP contribution < -0.4 is 15.4 Å². The summed E-state index contributed by atoms with van der Waals surface area (Å²) >= 11 is 1.36. The normalized spacial score (nSPS) is 11.6. The second kappa shape index (κ2) is 9.54. The van der Waals surface area contributed by atoms with E-state index >= 15 is 0 Å². The van der Waals surface area contributed by atoms with Crippen LogP contribution in [0.25, 0.3) is 11.3 Å². The van der Waals surface area contributed by atoms with Crippen LogP contribution in [-0.4, -0.2) is 23.4 Å². The molecule has 1 unspecified atom stereocenters. The van der Waals surface area contributed by atoms with Crippen molar-refractivity contribution in [2.24, 2.45) is 0 Å². The average Bonchev–Trinajstić information content (AvgIpc) is 3.17. The molecular formula is C23H25N3O3S. The molecule has 0 aliphatic carbocycles. The van der Waals surface area contributed by atoms with Gasteiger partial charge in [-0.3, -0.25) is 14.9 Å². The summed E-state index contributed by atoms with van der Waals surface area (Å²) in [5.41, 5.74) is 5.04. The van der Waals surface area contributed by atoms with Gasteiger partial charge in [0.2, 0.25) is 5.91 Å². The van der Waals surface area contributed by atoms with Gasteiger partial charge < -0.3 is 10.1 Å². The predicted octanol–water partition coefficient (Wildman–Crippen LogP) is 4.64. The van der Waals surface area contributed by atoms with E-state index < -0.39 is 0 Å². The van der Waals surface area contributed by atoms with Crippen LogP contribution in [0.5, 0.6) is 5.75 Å². The fourth-order valence-corrected chi connectivity index (χ4v) is 3.64. The Kier molecular flexibility index (Phi) is 6.84. The number of nitrogens with one attached hydrogen (secondary N) is 2. The van der Waals surface area contributed by atoms with Gasteiger partial charge in [0.05, 0.1) is 11.7 Å². The van der Waals surface area contributed by atoms with Gasteiger partial charge in [-0.1, -0.05) is 30.3 Å². The molecule has 0 radical (unpaired) electrons. The van der Waals surface area contributed by atoms with Gasteiger partial charge in [-0.15, -0.1) is 11.3 Å². The van der Waals surface area contributed by atoms with Crippen molar-refractivity contribution >= 4 is 28.3 Å². The van der Waals surface area contributed by atoms with Crippen LogP contribution in [0.15, 0.2) is 47.8 Å². The summed E-state index contributed by atoms with van der Waals surface area (Å²) in [6.07, 6.45) is 0. The van der Waals surface area contributed by atoms with Crippen molar-refractivity contribution < 1.29 is 14.3 Å². The molecule has 2 N–H and O–H groups in total. The first kappa shape index (κ1) is 21.5. The highest BCUT2D eigenvalue weighted by molar-refractivity contribution is 7.14. The van der Waals surface area contributed by atoms with E-state index in [4.69, 9.17) is 4.74 Å². The third kappa shape index (κ3) is 5.67. The summed E-state index contributed by atoms with van der Waals surface area (Å²) in [5.74, 6) is 0.350. The molecule has 6 nitrogen and oxygen atoms in total. The van der Waals surface area contributed by atoms with Gasteiger partial charge in [0.15, 0.2) is 11.7 Å². The van der Waals surface area contributed by atoms with Gasteiger partial charge >= 0.3 is 0 Å². The van der Waals surface area contributed by atoms with Crippen molar-refractivity contribution in [1.29, 1.82) is 0 Å². The number of amides is 2. The second-order valence-corrected chi connectivity index (χ2v) is 8.02. The molecule has 0 bridgehead atoms. The van der Waals surface area contributed by atoms with Crippen LogP contribution in [0.1, 0.15) is 36.6 Å². The molecule has 2 aromatic carbocycles. The number of ether oxygens (including phenoxy) is 1. The number of thiazole rings is 1. The standard InChI is InChI=1S/C23H25N3O3S/c1-14-5-10-20(11-15(14)2)29-12-22(28)26-23-25-21(13-30-23)19-8-6-18(7-9-19)16(3)24-17(4)27/h5-11,13,16H,12H2,1-4H3,(H,24,27)(H,25,26,28). The van der Waals surface area contributed by atoms with Crippen molar-refractivity contribution in [2.75, 3.05) is 11.9 Å². The maximum Gasteiger partial charge on any atom is 0.264 e. The minimum atomic E-state index is -0.256. The Morgan fingerprint density at radius 1 is 1.10 bits per heavy atom. The smallest absolute Gasteiger partial charge is 0.264 e. The van der Waals surface area contributed by atoms with Crippen LogP contribution in [0, 0.1) is 13.8 Å². The monoisotopic (exact) mass is 423 g/mol. The molecule has 0 saturated carbocycles. The number of anilines is 1. The topological polar surface area (TPSA) is 80.3 Å². The Hall–Kier alpha value is -3.19. The summed E-state index contributed by atoms with van der Waals surface area (Å²) in [7, 11) is 0. The Bertz CT molecular complexity index is 1040. The maximum atomic E-state index is 12.2. The molecule has 1 atom stereocenters. The Morgan fingerprint density at radius 2 is 1.83 bits per heavy atom. The van der Waals surface area contributed by atoms with E-state index in [9.17, 15) is 9.59 Å². The molecular weight excluding hydrogens is 398 g/mol. The van der Waals surface area contributed by atoms with Crippen molar-refractivity contribution in [2.45, 2.75) is 33.7 Å². The third-order valence-electron chi connectivity index (χ3n) is 4.73. The lowest BCUT2D eigenvalue weighted by Crippen LogP contribution is -2.23. The highest BCUT2D eigenvalue weighted by Crippen LogP contribution is 2.26. The highest BCUT2D eigenvalue weighted by atomic mass is 32.1. The van der Waals surface area contributed by atoms with Crippen molar-refractivity contribution in [3.05, 3.63) is 64.5 Å². The Labute approximate surface area is 180 Å². The number of carbonyl (C=O) groups is 2. The molecule has 0 aliphatic heterocycles. The minimum Gasteiger partial charge on any atom is -0.484 e. The zero-order valence-electron chi connectivity index (χ0n) is 17.5. The number of hydrogen-bond donors (Lipinski definition) is 2.